The Balaban J connectivity index is 1.63. The van der Waals surface area contributed by atoms with E-state index in [0.717, 1.165) is 0 Å². The molecule has 0 aliphatic carbocycles. The van der Waals surface area contributed by atoms with Gasteiger partial charge in [0.1, 0.15) is 5.82 Å². The number of hydrogen-bond donors (Lipinski definition) is 0. The van der Waals surface area contributed by atoms with Crippen molar-refractivity contribution in [3.05, 3.63) is 70.5 Å². The molecular weight excluding hydrogens is 355 g/mol. The average molecular weight is 375 g/mol. The molecule has 0 saturated carbocycles. The first-order valence-electron chi connectivity index (χ1n) is 8.49. The maximum absolute atomic E-state index is 13.9. The van der Waals surface area contributed by atoms with Crippen LogP contribution in [-0.2, 0) is 11.3 Å². The van der Waals surface area contributed by atoms with Gasteiger partial charge in [0, 0.05) is 42.8 Å². The van der Waals surface area contributed by atoms with E-state index in [4.69, 9.17) is 11.6 Å². The first-order valence-corrected chi connectivity index (χ1v) is 8.87. The molecule has 26 heavy (non-hydrogen) atoms. The van der Waals surface area contributed by atoms with Gasteiger partial charge in [-0.1, -0.05) is 35.9 Å². The highest BCUT2D eigenvalue weighted by Gasteiger charge is 2.33. The first-order chi connectivity index (χ1) is 12.5. The van der Waals surface area contributed by atoms with Crippen LogP contribution in [0.2, 0.25) is 5.02 Å². The molecular formula is C20H20ClFN2O2. The van der Waals surface area contributed by atoms with Crippen LogP contribution in [-0.4, -0.2) is 41.8 Å². The van der Waals surface area contributed by atoms with Crippen LogP contribution < -0.4 is 0 Å². The molecule has 1 atom stereocenters. The molecule has 0 bridgehead atoms. The summed E-state index contributed by atoms with van der Waals surface area (Å²) in [6.07, 6.45) is 0.604. The number of nitrogens with zero attached hydrogens (tertiary/aromatic N) is 2. The minimum absolute atomic E-state index is 0.0688. The highest BCUT2D eigenvalue weighted by molar-refractivity contribution is 6.31. The fourth-order valence-corrected chi connectivity index (χ4v) is 3.44. The molecule has 0 N–H and O–H groups in total. The topological polar surface area (TPSA) is 40.6 Å². The Bertz CT molecular complexity index is 792. The highest BCUT2D eigenvalue weighted by atomic mass is 35.5. The maximum atomic E-state index is 13.9. The Kier molecular flexibility index (Phi) is 5.57. The quantitative estimate of drug-likeness (QED) is 0.820. The predicted molar refractivity (Wildman–Crippen MR) is 98.3 cm³/mol. The van der Waals surface area contributed by atoms with Gasteiger partial charge >= 0.3 is 0 Å². The normalized spacial score (nSPS) is 16.6. The Morgan fingerprint density at radius 3 is 2.62 bits per heavy atom. The minimum Gasteiger partial charge on any atom is -0.341 e. The molecule has 136 valence electrons. The van der Waals surface area contributed by atoms with Gasteiger partial charge in [-0.2, -0.15) is 0 Å². The lowest BCUT2D eigenvalue weighted by Crippen LogP contribution is -2.35. The maximum Gasteiger partial charge on any atom is 0.253 e. The second kappa shape index (κ2) is 7.87. The Hall–Kier alpha value is -2.40. The zero-order valence-electron chi connectivity index (χ0n) is 14.5. The number of carbonyl (C=O) groups is 2. The molecule has 1 saturated heterocycles. The summed E-state index contributed by atoms with van der Waals surface area (Å²) in [5, 5.41) is 0.303. The molecule has 1 aliphatic heterocycles. The van der Waals surface area contributed by atoms with Crippen LogP contribution in [0.4, 0.5) is 4.39 Å². The van der Waals surface area contributed by atoms with E-state index in [2.05, 4.69) is 0 Å². The Labute approximate surface area is 157 Å². The van der Waals surface area contributed by atoms with Crippen molar-refractivity contribution in [3.63, 3.8) is 0 Å². The molecule has 1 fully saturated rings. The van der Waals surface area contributed by atoms with Crippen molar-refractivity contribution in [1.82, 2.24) is 9.80 Å². The molecule has 0 aromatic heterocycles. The summed E-state index contributed by atoms with van der Waals surface area (Å²) in [5.74, 6) is -0.879. The standard InChI is InChI=1S/C20H20ClFN2O2/c1-23(13-16-17(21)8-5-9-18(16)22)19(25)15-10-11-24(12-15)20(26)14-6-3-2-4-7-14/h2-9,15H,10-13H2,1H3. The molecule has 2 aromatic carbocycles. The number of amides is 2. The van der Waals surface area contributed by atoms with E-state index in [-0.39, 0.29) is 24.3 Å². The smallest absolute Gasteiger partial charge is 0.253 e. The van der Waals surface area contributed by atoms with Crippen molar-refractivity contribution in [1.29, 1.82) is 0 Å². The number of carbonyl (C=O) groups excluding carboxylic acids is 2. The number of likely N-dealkylation sites (tertiary alicyclic amines) is 1. The van der Waals surface area contributed by atoms with E-state index < -0.39 is 5.82 Å². The Morgan fingerprint density at radius 2 is 1.92 bits per heavy atom. The SMILES string of the molecule is CN(Cc1c(F)cccc1Cl)C(=O)C1CCN(C(=O)c2ccccc2)C1. The van der Waals surface area contributed by atoms with Gasteiger partial charge in [-0.15, -0.1) is 0 Å². The zero-order chi connectivity index (χ0) is 18.7. The van der Waals surface area contributed by atoms with Crippen LogP contribution in [0.25, 0.3) is 0 Å². The van der Waals surface area contributed by atoms with Crippen LogP contribution in [0.1, 0.15) is 22.3 Å². The van der Waals surface area contributed by atoms with Crippen LogP contribution in [0.3, 0.4) is 0 Å². The monoisotopic (exact) mass is 374 g/mol. The minimum atomic E-state index is -0.426. The van der Waals surface area contributed by atoms with E-state index in [1.54, 1.807) is 30.1 Å². The van der Waals surface area contributed by atoms with Gasteiger partial charge in [0.15, 0.2) is 0 Å². The third kappa shape index (κ3) is 3.88. The third-order valence-corrected chi connectivity index (χ3v) is 5.03. The fourth-order valence-electron chi connectivity index (χ4n) is 3.22. The molecule has 0 spiro atoms. The van der Waals surface area contributed by atoms with Crippen molar-refractivity contribution in [2.24, 2.45) is 5.92 Å². The number of halogens is 2. The van der Waals surface area contributed by atoms with Crippen LogP contribution in [0, 0.1) is 11.7 Å². The average Bonchev–Trinajstić information content (AvgIpc) is 3.14. The Morgan fingerprint density at radius 1 is 1.19 bits per heavy atom. The lowest BCUT2D eigenvalue weighted by atomic mass is 10.1. The van der Waals surface area contributed by atoms with Crippen LogP contribution in [0.15, 0.2) is 48.5 Å². The van der Waals surface area contributed by atoms with Crippen molar-refractivity contribution >= 4 is 23.4 Å². The molecule has 1 heterocycles. The van der Waals surface area contributed by atoms with Gasteiger partial charge in [-0.25, -0.2) is 4.39 Å². The van der Waals surface area contributed by atoms with Gasteiger partial charge in [-0.3, -0.25) is 9.59 Å². The lowest BCUT2D eigenvalue weighted by Gasteiger charge is -2.22. The second-order valence-corrected chi connectivity index (χ2v) is 6.90. The summed E-state index contributed by atoms with van der Waals surface area (Å²) in [7, 11) is 1.63. The van der Waals surface area contributed by atoms with E-state index >= 15 is 0 Å². The summed E-state index contributed by atoms with van der Waals surface area (Å²) in [6.45, 7) is 1.02. The summed E-state index contributed by atoms with van der Waals surface area (Å²) in [5.41, 5.74) is 0.923. The van der Waals surface area contributed by atoms with Gasteiger partial charge in [-0.05, 0) is 30.7 Å². The first kappa shape index (κ1) is 18.4. The van der Waals surface area contributed by atoms with Gasteiger partial charge < -0.3 is 9.80 Å². The van der Waals surface area contributed by atoms with Gasteiger partial charge in [0.2, 0.25) is 5.91 Å². The van der Waals surface area contributed by atoms with Crippen LogP contribution in [0.5, 0.6) is 0 Å². The van der Waals surface area contributed by atoms with E-state index in [1.807, 2.05) is 18.2 Å². The number of rotatable bonds is 4. The summed E-state index contributed by atoms with van der Waals surface area (Å²) < 4.78 is 13.9. The van der Waals surface area contributed by atoms with Crippen molar-refractivity contribution < 1.29 is 14.0 Å². The van der Waals surface area contributed by atoms with Crippen LogP contribution >= 0.6 is 11.6 Å². The van der Waals surface area contributed by atoms with Gasteiger partial charge in [0.05, 0.1) is 5.92 Å². The largest absolute Gasteiger partial charge is 0.341 e. The molecule has 4 nitrogen and oxygen atoms in total. The molecule has 1 aliphatic rings. The molecule has 6 heteroatoms. The molecule has 0 radical (unpaired) electrons. The number of hydrogen-bond acceptors (Lipinski definition) is 2. The van der Waals surface area contributed by atoms with E-state index in [1.165, 1.54) is 17.0 Å². The molecule has 2 amide bonds. The van der Waals surface area contributed by atoms with E-state index in [0.29, 0.717) is 35.7 Å². The summed E-state index contributed by atoms with van der Waals surface area (Å²) in [4.78, 5) is 28.4. The molecule has 2 aromatic rings. The number of benzene rings is 2. The summed E-state index contributed by atoms with van der Waals surface area (Å²) >= 11 is 6.04. The van der Waals surface area contributed by atoms with Crippen molar-refractivity contribution in [3.8, 4) is 0 Å². The molecule has 3 rings (SSSR count). The van der Waals surface area contributed by atoms with Crippen molar-refractivity contribution in [2.45, 2.75) is 13.0 Å². The highest BCUT2D eigenvalue weighted by Crippen LogP contribution is 2.24. The third-order valence-electron chi connectivity index (χ3n) is 4.68. The predicted octanol–water partition coefficient (Wildman–Crippen LogP) is 3.60. The summed E-state index contributed by atoms with van der Waals surface area (Å²) in [6, 6.07) is 13.5. The fraction of sp³-hybridized carbons (Fsp3) is 0.300. The van der Waals surface area contributed by atoms with Crippen molar-refractivity contribution in [2.75, 3.05) is 20.1 Å². The molecule has 1 unspecified atom stereocenters. The lowest BCUT2D eigenvalue weighted by molar-refractivity contribution is -0.134. The second-order valence-electron chi connectivity index (χ2n) is 6.50. The van der Waals surface area contributed by atoms with Gasteiger partial charge in [0.25, 0.3) is 5.91 Å². The zero-order valence-corrected chi connectivity index (χ0v) is 15.2. The van der Waals surface area contributed by atoms with E-state index in [9.17, 15) is 14.0 Å².